The molecule has 15 heavy (non-hydrogen) atoms. The van der Waals surface area contributed by atoms with Gasteiger partial charge in [0.2, 0.25) is 0 Å². The minimum atomic E-state index is 0.144. The molecule has 1 aromatic carbocycles. The van der Waals surface area contributed by atoms with Gasteiger partial charge in [-0.15, -0.1) is 0 Å². The Bertz CT molecular complexity index is 457. The van der Waals surface area contributed by atoms with Gasteiger partial charge >= 0.3 is 0 Å². The smallest absolute Gasteiger partial charge is 0.0457 e. The third-order valence-electron chi connectivity index (χ3n) is 3.03. The maximum atomic E-state index is 6.08. The first-order chi connectivity index (χ1) is 7.26. The summed E-state index contributed by atoms with van der Waals surface area (Å²) in [5, 5.41) is 1.28. The van der Waals surface area contributed by atoms with Crippen LogP contribution in [-0.2, 0) is 6.42 Å². The van der Waals surface area contributed by atoms with E-state index in [-0.39, 0.29) is 6.04 Å². The number of nitrogens with one attached hydrogen (secondary N) is 1. The molecule has 0 saturated carbocycles. The molecule has 1 heterocycles. The lowest BCUT2D eigenvalue weighted by Crippen LogP contribution is -2.07. The monoisotopic (exact) mass is 202 g/mol. The van der Waals surface area contributed by atoms with Gasteiger partial charge in [0.15, 0.2) is 0 Å². The van der Waals surface area contributed by atoms with Gasteiger partial charge in [-0.2, -0.15) is 0 Å². The Morgan fingerprint density at radius 2 is 2.13 bits per heavy atom. The second-order valence-electron chi connectivity index (χ2n) is 3.99. The lowest BCUT2D eigenvalue weighted by molar-refractivity contribution is 0.704. The van der Waals surface area contributed by atoms with E-state index < -0.39 is 0 Å². The molecule has 0 amide bonds. The molecule has 1 aromatic heterocycles. The largest absolute Gasteiger partial charge is 0.361 e. The molecule has 2 heteroatoms. The van der Waals surface area contributed by atoms with Crippen LogP contribution in [0.1, 0.15) is 37.4 Å². The van der Waals surface area contributed by atoms with Crippen LogP contribution in [0.2, 0.25) is 0 Å². The van der Waals surface area contributed by atoms with Gasteiger partial charge in [-0.05, 0) is 36.1 Å². The van der Waals surface area contributed by atoms with Crippen LogP contribution in [0.3, 0.4) is 0 Å². The number of aromatic nitrogens is 1. The van der Waals surface area contributed by atoms with E-state index in [2.05, 4.69) is 37.0 Å². The zero-order valence-corrected chi connectivity index (χ0v) is 9.38. The Morgan fingerprint density at radius 1 is 1.33 bits per heavy atom. The van der Waals surface area contributed by atoms with E-state index >= 15 is 0 Å². The highest BCUT2D eigenvalue weighted by Gasteiger charge is 2.09. The molecule has 0 aliphatic carbocycles. The molecule has 0 aliphatic heterocycles. The van der Waals surface area contributed by atoms with Gasteiger partial charge in [-0.3, -0.25) is 0 Å². The fourth-order valence-corrected chi connectivity index (χ4v) is 1.94. The van der Waals surface area contributed by atoms with E-state index in [0.717, 1.165) is 12.8 Å². The van der Waals surface area contributed by atoms with Crippen molar-refractivity contribution >= 4 is 10.9 Å². The molecule has 0 fully saturated rings. The number of benzene rings is 1. The van der Waals surface area contributed by atoms with Crippen molar-refractivity contribution in [2.75, 3.05) is 0 Å². The third-order valence-corrected chi connectivity index (χ3v) is 3.03. The van der Waals surface area contributed by atoms with Crippen LogP contribution in [0.5, 0.6) is 0 Å². The van der Waals surface area contributed by atoms with E-state index in [4.69, 9.17) is 5.73 Å². The first-order valence-corrected chi connectivity index (χ1v) is 5.61. The van der Waals surface area contributed by atoms with Gasteiger partial charge in [0.05, 0.1) is 0 Å². The van der Waals surface area contributed by atoms with Crippen LogP contribution in [0.15, 0.2) is 24.4 Å². The first kappa shape index (κ1) is 10.2. The van der Waals surface area contributed by atoms with Crippen LogP contribution in [0, 0.1) is 0 Å². The Kier molecular flexibility index (Phi) is 2.78. The molecule has 0 saturated heterocycles. The standard InChI is InChI=1S/C13H18N2/c1-3-9-5-6-13-10(7-9)11(8-15-13)12(14)4-2/h5-8,12,15H,3-4,14H2,1-2H3. The molecule has 2 rings (SSSR count). The molecule has 80 valence electrons. The third kappa shape index (κ3) is 1.77. The molecular weight excluding hydrogens is 184 g/mol. The van der Waals surface area contributed by atoms with Crippen molar-refractivity contribution in [3.05, 3.63) is 35.5 Å². The number of H-pyrrole nitrogens is 1. The average Bonchev–Trinajstić information content (AvgIpc) is 2.70. The second kappa shape index (κ2) is 4.07. The highest BCUT2D eigenvalue weighted by atomic mass is 14.7. The van der Waals surface area contributed by atoms with Crippen LogP contribution in [-0.4, -0.2) is 4.98 Å². The zero-order valence-electron chi connectivity index (χ0n) is 9.38. The lowest BCUT2D eigenvalue weighted by atomic mass is 10.0. The average molecular weight is 202 g/mol. The molecule has 0 spiro atoms. The maximum Gasteiger partial charge on any atom is 0.0457 e. The summed E-state index contributed by atoms with van der Waals surface area (Å²) < 4.78 is 0. The van der Waals surface area contributed by atoms with Gasteiger partial charge in [-0.25, -0.2) is 0 Å². The Hall–Kier alpha value is -1.28. The van der Waals surface area contributed by atoms with Crippen LogP contribution in [0.25, 0.3) is 10.9 Å². The van der Waals surface area contributed by atoms with Crippen molar-refractivity contribution in [3.8, 4) is 0 Å². The van der Waals surface area contributed by atoms with Crippen molar-refractivity contribution in [3.63, 3.8) is 0 Å². The van der Waals surface area contributed by atoms with Crippen LogP contribution < -0.4 is 5.73 Å². The number of rotatable bonds is 3. The summed E-state index contributed by atoms with van der Waals surface area (Å²) in [5.41, 5.74) is 9.87. The van der Waals surface area contributed by atoms with E-state index in [9.17, 15) is 0 Å². The molecule has 1 unspecified atom stereocenters. The van der Waals surface area contributed by atoms with Gasteiger partial charge in [0, 0.05) is 23.1 Å². The summed E-state index contributed by atoms with van der Waals surface area (Å²) >= 11 is 0. The number of hydrogen-bond donors (Lipinski definition) is 2. The van der Waals surface area contributed by atoms with Crippen molar-refractivity contribution in [1.29, 1.82) is 0 Å². The number of fused-ring (bicyclic) bond motifs is 1. The predicted molar refractivity (Wildman–Crippen MR) is 64.9 cm³/mol. The minimum absolute atomic E-state index is 0.144. The van der Waals surface area contributed by atoms with E-state index in [1.54, 1.807) is 0 Å². The number of aromatic amines is 1. The fourth-order valence-electron chi connectivity index (χ4n) is 1.94. The highest BCUT2D eigenvalue weighted by Crippen LogP contribution is 2.25. The predicted octanol–water partition coefficient (Wildman–Crippen LogP) is 3.14. The molecule has 3 N–H and O–H groups in total. The molecule has 0 bridgehead atoms. The van der Waals surface area contributed by atoms with Gasteiger partial charge in [-0.1, -0.05) is 19.9 Å². The molecular formula is C13H18N2. The van der Waals surface area contributed by atoms with Crippen LogP contribution in [0.4, 0.5) is 0 Å². The van der Waals surface area contributed by atoms with Gasteiger partial charge in [0.1, 0.15) is 0 Å². The maximum absolute atomic E-state index is 6.08. The highest BCUT2D eigenvalue weighted by molar-refractivity contribution is 5.84. The summed E-state index contributed by atoms with van der Waals surface area (Å²) in [4.78, 5) is 3.27. The normalized spacial score (nSPS) is 13.3. The minimum Gasteiger partial charge on any atom is -0.361 e. The fraction of sp³-hybridized carbons (Fsp3) is 0.385. The second-order valence-corrected chi connectivity index (χ2v) is 3.99. The lowest BCUT2D eigenvalue weighted by Gasteiger charge is -2.07. The SMILES string of the molecule is CCc1ccc2[nH]cc(C(N)CC)c2c1. The Labute approximate surface area is 90.5 Å². The molecule has 0 radical (unpaired) electrons. The number of nitrogens with two attached hydrogens (primary N) is 1. The zero-order chi connectivity index (χ0) is 10.8. The van der Waals surface area contributed by atoms with Crippen molar-refractivity contribution in [1.82, 2.24) is 4.98 Å². The summed E-state index contributed by atoms with van der Waals surface area (Å²) in [5.74, 6) is 0. The van der Waals surface area contributed by atoms with E-state index in [1.165, 1.54) is 22.0 Å². The van der Waals surface area contributed by atoms with Gasteiger partial charge in [0.25, 0.3) is 0 Å². The quantitative estimate of drug-likeness (QED) is 0.788. The Morgan fingerprint density at radius 3 is 2.80 bits per heavy atom. The molecule has 2 nitrogen and oxygen atoms in total. The topological polar surface area (TPSA) is 41.8 Å². The van der Waals surface area contributed by atoms with Gasteiger partial charge < -0.3 is 10.7 Å². The molecule has 1 atom stereocenters. The summed E-state index contributed by atoms with van der Waals surface area (Å²) in [6.45, 7) is 4.29. The van der Waals surface area contributed by atoms with E-state index in [0.29, 0.717) is 0 Å². The number of aryl methyl sites for hydroxylation is 1. The molecule has 0 aliphatic rings. The van der Waals surface area contributed by atoms with Crippen molar-refractivity contribution in [2.45, 2.75) is 32.7 Å². The molecule has 2 aromatic rings. The van der Waals surface area contributed by atoms with Crippen molar-refractivity contribution in [2.24, 2.45) is 5.73 Å². The Balaban J connectivity index is 2.56. The van der Waals surface area contributed by atoms with E-state index in [1.807, 2.05) is 6.20 Å². The summed E-state index contributed by atoms with van der Waals surface area (Å²) in [6, 6.07) is 6.70. The van der Waals surface area contributed by atoms with Crippen molar-refractivity contribution < 1.29 is 0 Å². The summed E-state index contributed by atoms with van der Waals surface area (Å²) in [6.07, 6.45) is 4.09. The number of hydrogen-bond acceptors (Lipinski definition) is 1. The summed E-state index contributed by atoms with van der Waals surface area (Å²) in [7, 11) is 0. The van der Waals surface area contributed by atoms with Crippen LogP contribution >= 0.6 is 0 Å². The first-order valence-electron chi connectivity index (χ1n) is 5.61.